The first-order valence-electron chi connectivity index (χ1n) is 4.15. The minimum Gasteiger partial charge on any atom is -0.216 e. The SMILES string of the molecule is Cc1cc(C#N)nc(-n2cc(Cl)cn2)n1. The highest BCUT2D eigenvalue weighted by Gasteiger charge is 2.05. The van der Waals surface area contributed by atoms with E-state index in [1.807, 2.05) is 6.07 Å². The predicted octanol–water partition coefficient (Wildman–Crippen LogP) is 1.50. The molecule has 0 atom stereocenters. The van der Waals surface area contributed by atoms with Crippen LogP contribution >= 0.6 is 11.6 Å². The standard InChI is InChI=1S/C9H6ClN5/c1-6-2-8(3-11)14-9(13-6)15-5-7(10)4-12-15/h2,4-5H,1H3. The van der Waals surface area contributed by atoms with Gasteiger partial charge in [0.1, 0.15) is 11.8 Å². The van der Waals surface area contributed by atoms with Crippen molar-refractivity contribution in [1.29, 1.82) is 5.26 Å². The molecule has 6 heteroatoms. The van der Waals surface area contributed by atoms with E-state index in [1.165, 1.54) is 10.9 Å². The first-order valence-corrected chi connectivity index (χ1v) is 4.53. The molecular weight excluding hydrogens is 214 g/mol. The number of halogens is 1. The molecule has 2 aromatic heterocycles. The molecule has 0 aliphatic heterocycles. The molecule has 0 aliphatic rings. The summed E-state index contributed by atoms with van der Waals surface area (Å²) in [4.78, 5) is 8.15. The number of aryl methyl sites for hydroxylation is 1. The highest BCUT2D eigenvalue weighted by Crippen LogP contribution is 2.09. The predicted molar refractivity (Wildman–Crippen MR) is 53.6 cm³/mol. The van der Waals surface area contributed by atoms with Gasteiger partial charge in [-0.3, -0.25) is 0 Å². The molecule has 2 aromatic rings. The third-order valence-corrected chi connectivity index (χ3v) is 1.91. The fraction of sp³-hybridized carbons (Fsp3) is 0.111. The Hall–Kier alpha value is -1.93. The largest absolute Gasteiger partial charge is 0.252 e. The third kappa shape index (κ3) is 1.95. The molecule has 0 saturated carbocycles. The summed E-state index contributed by atoms with van der Waals surface area (Å²) in [5.74, 6) is 0.346. The lowest BCUT2D eigenvalue weighted by atomic mass is 10.3. The summed E-state index contributed by atoms with van der Waals surface area (Å²) in [6, 6.07) is 3.57. The third-order valence-electron chi connectivity index (χ3n) is 1.71. The van der Waals surface area contributed by atoms with Crippen molar-refractivity contribution in [3.63, 3.8) is 0 Å². The van der Waals surface area contributed by atoms with Gasteiger partial charge in [-0.05, 0) is 13.0 Å². The van der Waals surface area contributed by atoms with Gasteiger partial charge in [0, 0.05) is 5.69 Å². The Morgan fingerprint density at radius 1 is 1.47 bits per heavy atom. The lowest BCUT2D eigenvalue weighted by Gasteiger charge is -2.00. The van der Waals surface area contributed by atoms with Gasteiger partial charge < -0.3 is 0 Å². The summed E-state index contributed by atoms with van der Waals surface area (Å²) in [6.07, 6.45) is 3.07. The van der Waals surface area contributed by atoms with Crippen LogP contribution in [0.5, 0.6) is 0 Å². The fourth-order valence-electron chi connectivity index (χ4n) is 1.12. The van der Waals surface area contributed by atoms with Crippen LogP contribution in [0.25, 0.3) is 5.95 Å². The van der Waals surface area contributed by atoms with Gasteiger partial charge in [-0.25, -0.2) is 14.6 Å². The molecule has 5 nitrogen and oxygen atoms in total. The molecule has 0 aliphatic carbocycles. The molecule has 0 bridgehead atoms. The van der Waals surface area contributed by atoms with Gasteiger partial charge in [0.05, 0.1) is 17.4 Å². The van der Waals surface area contributed by atoms with Crippen molar-refractivity contribution in [2.45, 2.75) is 6.92 Å². The van der Waals surface area contributed by atoms with E-state index in [2.05, 4.69) is 15.1 Å². The maximum atomic E-state index is 8.74. The van der Waals surface area contributed by atoms with E-state index in [1.54, 1.807) is 19.2 Å². The topological polar surface area (TPSA) is 67.4 Å². The van der Waals surface area contributed by atoms with E-state index in [9.17, 15) is 0 Å². The lowest BCUT2D eigenvalue weighted by Crippen LogP contribution is -2.04. The van der Waals surface area contributed by atoms with E-state index in [0.717, 1.165) is 0 Å². The van der Waals surface area contributed by atoms with E-state index in [4.69, 9.17) is 16.9 Å². The molecule has 0 unspecified atom stereocenters. The van der Waals surface area contributed by atoms with Gasteiger partial charge in [-0.15, -0.1) is 0 Å². The molecule has 74 valence electrons. The van der Waals surface area contributed by atoms with Crippen LogP contribution in [-0.2, 0) is 0 Å². The van der Waals surface area contributed by atoms with Crippen LogP contribution in [0.15, 0.2) is 18.5 Å². The summed E-state index contributed by atoms with van der Waals surface area (Å²) < 4.78 is 1.43. The fourth-order valence-corrected chi connectivity index (χ4v) is 1.26. The van der Waals surface area contributed by atoms with Gasteiger partial charge in [-0.2, -0.15) is 10.4 Å². The number of nitriles is 1. The summed E-state index contributed by atoms with van der Waals surface area (Å²) in [5.41, 5.74) is 1.02. The summed E-state index contributed by atoms with van der Waals surface area (Å²) in [5, 5.41) is 13.2. The maximum absolute atomic E-state index is 8.74. The number of hydrogen-bond donors (Lipinski definition) is 0. The molecule has 0 spiro atoms. The van der Waals surface area contributed by atoms with E-state index in [-0.39, 0.29) is 0 Å². The van der Waals surface area contributed by atoms with Crippen LogP contribution in [0.3, 0.4) is 0 Å². The molecule has 0 radical (unpaired) electrons. The zero-order valence-corrected chi connectivity index (χ0v) is 8.60. The quantitative estimate of drug-likeness (QED) is 0.729. The molecule has 0 N–H and O–H groups in total. The van der Waals surface area contributed by atoms with Crippen molar-refractivity contribution >= 4 is 11.6 Å². The van der Waals surface area contributed by atoms with Gasteiger partial charge in [0.25, 0.3) is 5.95 Å². The minimum absolute atomic E-state index is 0.309. The van der Waals surface area contributed by atoms with Crippen molar-refractivity contribution in [2.24, 2.45) is 0 Å². The molecule has 2 rings (SSSR count). The van der Waals surface area contributed by atoms with Crippen molar-refractivity contribution < 1.29 is 0 Å². The van der Waals surface area contributed by atoms with Gasteiger partial charge >= 0.3 is 0 Å². The van der Waals surface area contributed by atoms with Crippen LogP contribution < -0.4 is 0 Å². The van der Waals surface area contributed by atoms with Crippen LogP contribution in [0, 0.1) is 18.3 Å². The Balaban J connectivity index is 2.54. The molecule has 0 saturated heterocycles. The number of hydrogen-bond acceptors (Lipinski definition) is 4. The molecule has 0 fully saturated rings. The Kier molecular flexibility index (Phi) is 2.35. The average molecular weight is 220 g/mol. The Bertz CT molecular complexity index is 540. The van der Waals surface area contributed by atoms with Crippen molar-refractivity contribution in [3.8, 4) is 12.0 Å². The van der Waals surface area contributed by atoms with Crippen LogP contribution in [0.2, 0.25) is 5.02 Å². The van der Waals surface area contributed by atoms with Crippen LogP contribution in [0.1, 0.15) is 11.4 Å². The monoisotopic (exact) mass is 219 g/mol. The number of rotatable bonds is 1. The second kappa shape index (κ2) is 3.67. The smallest absolute Gasteiger partial charge is 0.216 e. The minimum atomic E-state index is 0.309. The van der Waals surface area contributed by atoms with Crippen molar-refractivity contribution in [3.05, 3.63) is 34.9 Å². The number of nitrogens with zero attached hydrogens (tertiary/aromatic N) is 5. The number of aromatic nitrogens is 4. The van der Waals surface area contributed by atoms with Crippen molar-refractivity contribution in [2.75, 3.05) is 0 Å². The summed E-state index contributed by atoms with van der Waals surface area (Å²) in [6.45, 7) is 1.79. The van der Waals surface area contributed by atoms with Gasteiger partial charge in [0.15, 0.2) is 0 Å². The zero-order valence-electron chi connectivity index (χ0n) is 7.85. The Morgan fingerprint density at radius 2 is 2.27 bits per heavy atom. The lowest BCUT2D eigenvalue weighted by molar-refractivity contribution is 0.798. The first kappa shape index (κ1) is 9.62. The van der Waals surface area contributed by atoms with E-state index >= 15 is 0 Å². The summed E-state index contributed by atoms with van der Waals surface area (Å²) in [7, 11) is 0. The first-order chi connectivity index (χ1) is 7.19. The van der Waals surface area contributed by atoms with Crippen molar-refractivity contribution in [1.82, 2.24) is 19.7 Å². The average Bonchev–Trinajstić information content (AvgIpc) is 2.64. The Labute approximate surface area is 91.0 Å². The highest BCUT2D eigenvalue weighted by molar-refractivity contribution is 6.30. The second-order valence-corrected chi connectivity index (χ2v) is 3.35. The molecule has 15 heavy (non-hydrogen) atoms. The zero-order chi connectivity index (χ0) is 10.8. The highest BCUT2D eigenvalue weighted by atomic mass is 35.5. The van der Waals surface area contributed by atoms with Gasteiger partial charge in [-0.1, -0.05) is 11.6 Å². The normalized spacial score (nSPS) is 9.93. The van der Waals surface area contributed by atoms with E-state index in [0.29, 0.717) is 22.4 Å². The Morgan fingerprint density at radius 3 is 2.87 bits per heavy atom. The van der Waals surface area contributed by atoms with E-state index < -0.39 is 0 Å². The van der Waals surface area contributed by atoms with Gasteiger partial charge in [0.2, 0.25) is 0 Å². The van der Waals surface area contributed by atoms with Crippen LogP contribution in [0.4, 0.5) is 0 Å². The van der Waals surface area contributed by atoms with Crippen LogP contribution in [-0.4, -0.2) is 19.7 Å². The molecule has 2 heterocycles. The summed E-state index contributed by atoms with van der Waals surface area (Å²) >= 11 is 5.72. The second-order valence-electron chi connectivity index (χ2n) is 2.91. The maximum Gasteiger partial charge on any atom is 0.252 e. The molecule has 0 amide bonds. The molecule has 0 aromatic carbocycles. The molecular formula is C9H6ClN5.